The van der Waals surface area contributed by atoms with Crippen LogP contribution in [0.3, 0.4) is 0 Å². The Balaban J connectivity index is 2.00. The summed E-state index contributed by atoms with van der Waals surface area (Å²) in [5.41, 5.74) is 2.98. The second-order valence-corrected chi connectivity index (χ2v) is 6.19. The summed E-state index contributed by atoms with van der Waals surface area (Å²) in [5, 5.41) is 5.65. The van der Waals surface area contributed by atoms with Gasteiger partial charge in [0, 0.05) is 5.69 Å². The van der Waals surface area contributed by atoms with Crippen LogP contribution in [-0.2, 0) is 14.3 Å². The number of anilines is 2. The van der Waals surface area contributed by atoms with Crippen LogP contribution in [-0.4, -0.2) is 24.9 Å². The summed E-state index contributed by atoms with van der Waals surface area (Å²) < 4.78 is 4.63. The summed E-state index contributed by atoms with van der Waals surface area (Å²) in [4.78, 5) is 35.7. The maximum Gasteiger partial charge on any atom is 0.337 e. The first kappa shape index (κ1) is 19.5. The van der Waals surface area contributed by atoms with Crippen LogP contribution in [0.15, 0.2) is 36.4 Å². The number of ether oxygens (including phenoxy) is 1. The molecule has 0 aliphatic rings. The lowest BCUT2D eigenvalue weighted by atomic mass is 10.1. The lowest BCUT2D eigenvalue weighted by Gasteiger charge is -2.12. The van der Waals surface area contributed by atoms with Gasteiger partial charge in [0.2, 0.25) is 11.8 Å². The highest BCUT2D eigenvalue weighted by Crippen LogP contribution is 2.27. The molecule has 0 atom stereocenters. The molecule has 0 bridgehead atoms. The third kappa shape index (κ3) is 5.07. The third-order valence-electron chi connectivity index (χ3n) is 3.58. The van der Waals surface area contributed by atoms with E-state index in [1.54, 1.807) is 24.3 Å². The second-order valence-electron chi connectivity index (χ2n) is 5.78. The van der Waals surface area contributed by atoms with Gasteiger partial charge in [-0.15, -0.1) is 0 Å². The number of aryl methyl sites for hydroxylation is 2. The van der Waals surface area contributed by atoms with E-state index in [2.05, 4.69) is 15.4 Å². The van der Waals surface area contributed by atoms with Crippen LogP contribution >= 0.6 is 11.6 Å². The van der Waals surface area contributed by atoms with Crippen molar-refractivity contribution in [3.63, 3.8) is 0 Å². The number of hydrogen-bond acceptors (Lipinski definition) is 4. The first-order chi connectivity index (χ1) is 12.3. The molecule has 2 rings (SSSR count). The van der Waals surface area contributed by atoms with Crippen molar-refractivity contribution < 1.29 is 19.1 Å². The highest BCUT2D eigenvalue weighted by atomic mass is 35.5. The van der Waals surface area contributed by atoms with Gasteiger partial charge in [0.05, 0.1) is 23.4 Å². The smallest absolute Gasteiger partial charge is 0.337 e. The molecule has 0 aliphatic heterocycles. The monoisotopic (exact) mass is 374 g/mol. The van der Waals surface area contributed by atoms with E-state index in [1.807, 2.05) is 19.9 Å². The van der Waals surface area contributed by atoms with Gasteiger partial charge < -0.3 is 15.4 Å². The number of benzene rings is 2. The minimum absolute atomic E-state index is 0.303. The molecule has 0 radical (unpaired) electrons. The molecule has 0 aromatic heterocycles. The quantitative estimate of drug-likeness (QED) is 0.617. The molecule has 6 nitrogen and oxygen atoms in total. The molecule has 0 unspecified atom stereocenters. The van der Waals surface area contributed by atoms with E-state index < -0.39 is 17.8 Å². The van der Waals surface area contributed by atoms with Crippen molar-refractivity contribution in [2.24, 2.45) is 0 Å². The Kier molecular flexibility index (Phi) is 6.36. The van der Waals surface area contributed by atoms with Crippen molar-refractivity contribution >= 4 is 40.8 Å². The average Bonchev–Trinajstić information content (AvgIpc) is 2.57. The normalized spacial score (nSPS) is 10.2. The number of esters is 1. The van der Waals surface area contributed by atoms with Crippen LogP contribution in [0.5, 0.6) is 0 Å². The lowest BCUT2D eigenvalue weighted by Crippen LogP contribution is -2.22. The Morgan fingerprint density at radius 1 is 1.04 bits per heavy atom. The zero-order chi connectivity index (χ0) is 19.3. The second kappa shape index (κ2) is 8.49. The number of rotatable bonds is 5. The van der Waals surface area contributed by atoms with Gasteiger partial charge in [-0.2, -0.15) is 0 Å². The van der Waals surface area contributed by atoms with E-state index in [4.69, 9.17) is 11.6 Å². The fourth-order valence-electron chi connectivity index (χ4n) is 2.45. The highest BCUT2D eigenvalue weighted by Gasteiger charge is 2.14. The van der Waals surface area contributed by atoms with E-state index in [1.165, 1.54) is 13.2 Å². The Bertz CT molecular complexity index is 841. The van der Waals surface area contributed by atoms with Crippen molar-refractivity contribution in [2.75, 3.05) is 17.7 Å². The van der Waals surface area contributed by atoms with Crippen LogP contribution in [0.25, 0.3) is 0 Å². The number of halogens is 1. The van der Waals surface area contributed by atoms with Crippen molar-refractivity contribution in [1.29, 1.82) is 0 Å². The van der Waals surface area contributed by atoms with Crippen molar-refractivity contribution in [3.8, 4) is 0 Å². The van der Waals surface area contributed by atoms with Crippen LogP contribution in [0.4, 0.5) is 11.4 Å². The molecule has 0 saturated carbocycles. The molecule has 26 heavy (non-hydrogen) atoms. The van der Waals surface area contributed by atoms with Crippen molar-refractivity contribution in [3.05, 3.63) is 58.1 Å². The fourth-order valence-corrected chi connectivity index (χ4v) is 2.82. The summed E-state index contributed by atoms with van der Waals surface area (Å²) >= 11 is 6.15. The Hall–Kier alpha value is -2.86. The van der Waals surface area contributed by atoms with E-state index >= 15 is 0 Å². The molecule has 2 N–H and O–H groups in total. The number of hydrogen-bond donors (Lipinski definition) is 2. The molecule has 0 heterocycles. The third-order valence-corrected chi connectivity index (χ3v) is 3.88. The van der Waals surface area contributed by atoms with Gasteiger partial charge in [-0.05, 0) is 49.2 Å². The van der Waals surface area contributed by atoms with Gasteiger partial charge >= 0.3 is 5.97 Å². The zero-order valence-corrected chi connectivity index (χ0v) is 15.4. The predicted molar refractivity (Wildman–Crippen MR) is 101 cm³/mol. The predicted octanol–water partition coefficient (Wildman–Crippen LogP) is 3.71. The maximum absolute atomic E-state index is 12.1. The van der Waals surface area contributed by atoms with Crippen LogP contribution < -0.4 is 10.6 Å². The summed E-state index contributed by atoms with van der Waals surface area (Å²) in [6, 6.07) is 9.89. The van der Waals surface area contributed by atoms with Crippen LogP contribution in [0, 0.1) is 13.8 Å². The molecule has 0 aliphatic carbocycles. The topological polar surface area (TPSA) is 84.5 Å². The van der Waals surface area contributed by atoms with E-state index in [-0.39, 0.29) is 6.42 Å². The molecule has 136 valence electrons. The van der Waals surface area contributed by atoms with Gasteiger partial charge in [0.1, 0.15) is 6.42 Å². The van der Waals surface area contributed by atoms with E-state index in [0.29, 0.717) is 22.0 Å². The van der Waals surface area contributed by atoms with Crippen molar-refractivity contribution in [2.45, 2.75) is 20.3 Å². The molecule has 0 fully saturated rings. The molecule has 2 amide bonds. The zero-order valence-electron chi connectivity index (χ0n) is 14.7. The van der Waals surface area contributed by atoms with Gasteiger partial charge in [-0.25, -0.2) is 4.79 Å². The summed E-state index contributed by atoms with van der Waals surface area (Å²) in [6.07, 6.45) is -0.383. The summed E-state index contributed by atoms with van der Waals surface area (Å²) in [7, 11) is 1.27. The minimum Gasteiger partial charge on any atom is -0.465 e. The van der Waals surface area contributed by atoms with E-state index in [0.717, 1.165) is 11.1 Å². The number of carbonyl (C=O) groups excluding carboxylic acids is 3. The SMILES string of the molecule is COC(=O)c1cccc(NC(=O)CC(=O)Nc2c(C)cc(C)cc2Cl)c1. The Morgan fingerprint density at radius 3 is 2.38 bits per heavy atom. The molecule has 7 heteroatoms. The van der Waals surface area contributed by atoms with Gasteiger partial charge in [0.15, 0.2) is 0 Å². The van der Waals surface area contributed by atoms with Crippen LogP contribution in [0.1, 0.15) is 27.9 Å². The van der Waals surface area contributed by atoms with Gasteiger partial charge in [-0.1, -0.05) is 23.7 Å². The van der Waals surface area contributed by atoms with Crippen molar-refractivity contribution in [1.82, 2.24) is 0 Å². The van der Waals surface area contributed by atoms with Crippen LogP contribution in [0.2, 0.25) is 5.02 Å². The standard InChI is InChI=1S/C19H19ClN2O4/c1-11-7-12(2)18(15(20)8-11)22-17(24)10-16(23)21-14-6-4-5-13(9-14)19(25)26-3/h4-9H,10H2,1-3H3,(H,21,23)(H,22,24). The Labute approximate surface area is 156 Å². The summed E-state index contributed by atoms with van der Waals surface area (Å²) in [5.74, 6) is -1.51. The molecular formula is C19H19ClN2O4. The molecule has 2 aromatic rings. The molecule has 2 aromatic carbocycles. The number of amides is 2. The number of nitrogens with one attached hydrogen (secondary N) is 2. The average molecular weight is 375 g/mol. The first-order valence-electron chi connectivity index (χ1n) is 7.85. The Morgan fingerprint density at radius 2 is 1.73 bits per heavy atom. The van der Waals surface area contributed by atoms with Gasteiger partial charge in [0.25, 0.3) is 0 Å². The number of carbonyl (C=O) groups is 3. The largest absolute Gasteiger partial charge is 0.465 e. The minimum atomic E-state index is -0.511. The highest BCUT2D eigenvalue weighted by molar-refractivity contribution is 6.34. The first-order valence-corrected chi connectivity index (χ1v) is 8.22. The molecule has 0 saturated heterocycles. The fraction of sp³-hybridized carbons (Fsp3) is 0.211. The lowest BCUT2D eigenvalue weighted by molar-refractivity contribution is -0.123. The summed E-state index contributed by atoms with van der Waals surface area (Å²) in [6.45, 7) is 3.73. The molecular weight excluding hydrogens is 356 g/mol. The van der Waals surface area contributed by atoms with Gasteiger partial charge in [-0.3, -0.25) is 9.59 Å². The maximum atomic E-state index is 12.1. The van der Waals surface area contributed by atoms with E-state index in [9.17, 15) is 14.4 Å². The number of methoxy groups -OCH3 is 1. The molecule has 0 spiro atoms.